The lowest BCUT2D eigenvalue weighted by Crippen LogP contribution is -1.91. The van der Waals surface area contributed by atoms with E-state index in [-0.39, 0.29) is 0 Å². The fraction of sp³-hybridized carbons (Fsp3) is 0.176. The van der Waals surface area contributed by atoms with Crippen molar-refractivity contribution >= 4 is 22.1 Å². The predicted octanol–water partition coefficient (Wildman–Crippen LogP) is 4.13. The van der Waals surface area contributed by atoms with Gasteiger partial charge >= 0.3 is 0 Å². The van der Waals surface area contributed by atoms with Crippen molar-refractivity contribution in [3.8, 4) is 10.4 Å². The first-order valence-electron chi connectivity index (χ1n) is 6.69. The third-order valence-electron chi connectivity index (χ3n) is 4.01. The molecule has 2 heteroatoms. The Balaban J connectivity index is 2.01. The molecule has 0 radical (unpaired) electrons. The largest absolute Gasteiger partial charge is 0.326 e. The maximum atomic E-state index is 5.72. The van der Waals surface area contributed by atoms with Gasteiger partial charge in [-0.1, -0.05) is 30.3 Å². The molecule has 0 unspecified atom stereocenters. The average molecular weight is 265 g/mol. The fourth-order valence-corrected chi connectivity index (χ4v) is 4.02. The molecule has 2 N–H and O–H groups in total. The van der Waals surface area contributed by atoms with Gasteiger partial charge in [0.2, 0.25) is 0 Å². The smallest absolute Gasteiger partial charge is 0.0352 e. The highest BCUT2D eigenvalue weighted by Gasteiger charge is 2.16. The van der Waals surface area contributed by atoms with E-state index >= 15 is 0 Å². The standard InChI is InChI=1S/C17H15NS/c18-10-13-7-9-16(19-13)14-8-6-12-5-4-11-2-1-3-15(14)17(11)12/h1-3,6-9H,4-5,10,18H2. The molecule has 1 aliphatic rings. The van der Waals surface area contributed by atoms with Gasteiger partial charge < -0.3 is 5.73 Å². The molecule has 0 fully saturated rings. The van der Waals surface area contributed by atoms with Crippen molar-refractivity contribution in [2.45, 2.75) is 19.4 Å². The summed E-state index contributed by atoms with van der Waals surface area (Å²) in [5.74, 6) is 0. The number of rotatable bonds is 2. The Morgan fingerprint density at radius 3 is 2.58 bits per heavy atom. The quantitative estimate of drug-likeness (QED) is 0.741. The lowest BCUT2D eigenvalue weighted by atomic mass is 9.99. The molecular formula is C17H15NS. The topological polar surface area (TPSA) is 26.0 Å². The summed E-state index contributed by atoms with van der Waals surface area (Å²) in [5.41, 5.74) is 10.1. The van der Waals surface area contributed by atoms with Gasteiger partial charge in [0.15, 0.2) is 0 Å². The minimum Gasteiger partial charge on any atom is -0.326 e. The van der Waals surface area contributed by atoms with Crippen LogP contribution >= 0.6 is 11.3 Å². The lowest BCUT2D eigenvalue weighted by molar-refractivity contribution is 1.02. The van der Waals surface area contributed by atoms with Gasteiger partial charge in [0.1, 0.15) is 0 Å². The third-order valence-corrected chi connectivity index (χ3v) is 5.15. The van der Waals surface area contributed by atoms with E-state index in [0.29, 0.717) is 6.54 Å². The van der Waals surface area contributed by atoms with E-state index in [1.807, 2.05) is 11.3 Å². The predicted molar refractivity (Wildman–Crippen MR) is 82.6 cm³/mol. The van der Waals surface area contributed by atoms with Gasteiger partial charge in [0, 0.05) is 16.3 Å². The van der Waals surface area contributed by atoms with Crippen molar-refractivity contribution in [2.75, 3.05) is 0 Å². The highest BCUT2D eigenvalue weighted by Crippen LogP contribution is 2.39. The molecule has 0 saturated carbocycles. The Hall–Kier alpha value is -1.64. The van der Waals surface area contributed by atoms with Crippen LogP contribution in [0.25, 0.3) is 21.2 Å². The molecule has 0 saturated heterocycles. The first-order valence-corrected chi connectivity index (χ1v) is 7.51. The lowest BCUT2D eigenvalue weighted by Gasteiger charge is -2.07. The van der Waals surface area contributed by atoms with Crippen LogP contribution in [0.3, 0.4) is 0 Å². The third kappa shape index (κ3) is 1.64. The second-order valence-electron chi connectivity index (χ2n) is 5.08. The summed E-state index contributed by atoms with van der Waals surface area (Å²) in [4.78, 5) is 2.58. The van der Waals surface area contributed by atoms with Gasteiger partial charge in [-0.25, -0.2) is 0 Å². The molecule has 0 aliphatic heterocycles. The molecule has 4 rings (SSSR count). The molecule has 0 spiro atoms. The van der Waals surface area contributed by atoms with E-state index < -0.39 is 0 Å². The summed E-state index contributed by atoms with van der Waals surface area (Å²) < 4.78 is 0. The highest BCUT2D eigenvalue weighted by atomic mass is 32.1. The molecule has 2 aromatic carbocycles. The van der Waals surface area contributed by atoms with Gasteiger partial charge in [-0.05, 0) is 52.4 Å². The normalized spacial score (nSPS) is 13.3. The summed E-state index contributed by atoms with van der Waals surface area (Å²) in [6, 6.07) is 15.6. The highest BCUT2D eigenvalue weighted by molar-refractivity contribution is 7.15. The number of benzene rings is 2. The SMILES string of the molecule is NCc1ccc(-c2ccc3c4c(cccc24)CC3)s1. The van der Waals surface area contributed by atoms with E-state index in [2.05, 4.69) is 42.5 Å². The first-order chi connectivity index (χ1) is 9.36. The second kappa shape index (κ2) is 4.19. The number of nitrogens with two attached hydrogens (primary N) is 1. The van der Waals surface area contributed by atoms with Crippen molar-refractivity contribution in [1.82, 2.24) is 0 Å². The minimum absolute atomic E-state index is 0.631. The zero-order chi connectivity index (χ0) is 12.8. The first kappa shape index (κ1) is 11.2. The van der Waals surface area contributed by atoms with Crippen molar-refractivity contribution in [2.24, 2.45) is 5.73 Å². The van der Waals surface area contributed by atoms with Gasteiger partial charge in [-0.2, -0.15) is 0 Å². The van der Waals surface area contributed by atoms with Crippen LogP contribution in [0.5, 0.6) is 0 Å². The summed E-state index contributed by atoms with van der Waals surface area (Å²) in [6.07, 6.45) is 2.38. The summed E-state index contributed by atoms with van der Waals surface area (Å²) in [6.45, 7) is 0.631. The maximum Gasteiger partial charge on any atom is 0.0352 e. The zero-order valence-electron chi connectivity index (χ0n) is 10.6. The number of hydrogen-bond acceptors (Lipinski definition) is 2. The number of hydrogen-bond donors (Lipinski definition) is 1. The molecule has 3 aromatic rings. The zero-order valence-corrected chi connectivity index (χ0v) is 11.5. The molecule has 19 heavy (non-hydrogen) atoms. The maximum absolute atomic E-state index is 5.72. The average Bonchev–Trinajstić information content (AvgIpc) is 3.08. The Labute approximate surface area is 116 Å². The van der Waals surface area contributed by atoms with Crippen molar-refractivity contribution in [3.05, 3.63) is 58.5 Å². The van der Waals surface area contributed by atoms with Crippen LogP contribution in [0, 0.1) is 0 Å². The Morgan fingerprint density at radius 1 is 0.947 bits per heavy atom. The number of thiophene rings is 1. The van der Waals surface area contributed by atoms with Crippen LogP contribution < -0.4 is 5.73 Å². The monoisotopic (exact) mass is 265 g/mol. The van der Waals surface area contributed by atoms with E-state index in [1.165, 1.54) is 50.1 Å². The van der Waals surface area contributed by atoms with Gasteiger partial charge in [-0.3, -0.25) is 0 Å². The van der Waals surface area contributed by atoms with Crippen LogP contribution in [0.2, 0.25) is 0 Å². The van der Waals surface area contributed by atoms with Crippen LogP contribution in [0.1, 0.15) is 16.0 Å². The Kier molecular flexibility index (Phi) is 2.47. The van der Waals surface area contributed by atoms with Gasteiger partial charge in [-0.15, -0.1) is 11.3 Å². The summed E-state index contributed by atoms with van der Waals surface area (Å²) in [5, 5.41) is 2.89. The molecule has 0 atom stereocenters. The van der Waals surface area contributed by atoms with E-state index in [4.69, 9.17) is 5.73 Å². The van der Waals surface area contributed by atoms with Crippen LogP contribution in [-0.4, -0.2) is 0 Å². The van der Waals surface area contributed by atoms with E-state index in [0.717, 1.165) is 0 Å². The minimum atomic E-state index is 0.631. The van der Waals surface area contributed by atoms with Crippen LogP contribution in [0.15, 0.2) is 42.5 Å². The molecule has 0 bridgehead atoms. The molecule has 0 amide bonds. The molecular weight excluding hydrogens is 250 g/mol. The molecule has 1 aliphatic carbocycles. The van der Waals surface area contributed by atoms with Gasteiger partial charge in [0.25, 0.3) is 0 Å². The van der Waals surface area contributed by atoms with Crippen LogP contribution in [-0.2, 0) is 19.4 Å². The Morgan fingerprint density at radius 2 is 1.79 bits per heavy atom. The van der Waals surface area contributed by atoms with Crippen molar-refractivity contribution in [1.29, 1.82) is 0 Å². The molecule has 94 valence electrons. The fourth-order valence-electron chi connectivity index (χ4n) is 3.09. The molecule has 1 aromatic heterocycles. The van der Waals surface area contributed by atoms with E-state index in [9.17, 15) is 0 Å². The van der Waals surface area contributed by atoms with Crippen molar-refractivity contribution < 1.29 is 0 Å². The molecule has 1 nitrogen and oxygen atoms in total. The summed E-state index contributed by atoms with van der Waals surface area (Å²) >= 11 is 1.81. The van der Waals surface area contributed by atoms with Crippen LogP contribution in [0.4, 0.5) is 0 Å². The second-order valence-corrected chi connectivity index (χ2v) is 6.25. The Bertz CT molecular complexity index is 760. The summed E-state index contributed by atoms with van der Waals surface area (Å²) in [7, 11) is 0. The molecule has 1 heterocycles. The van der Waals surface area contributed by atoms with Crippen molar-refractivity contribution in [3.63, 3.8) is 0 Å². The number of aryl methyl sites for hydroxylation is 2. The van der Waals surface area contributed by atoms with E-state index in [1.54, 1.807) is 0 Å². The van der Waals surface area contributed by atoms with Gasteiger partial charge in [0.05, 0.1) is 0 Å².